The van der Waals surface area contributed by atoms with Gasteiger partial charge in [-0.2, -0.15) is 4.98 Å². The summed E-state index contributed by atoms with van der Waals surface area (Å²) in [5, 5.41) is 1.21. The van der Waals surface area contributed by atoms with E-state index < -0.39 is 0 Å². The van der Waals surface area contributed by atoms with Crippen LogP contribution in [0.5, 0.6) is 0 Å². The Morgan fingerprint density at radius 1 is 0.889 bits per heavy atom. The van der Waals surface area contributed by atoms with E-state index in [1.165, 1.54) is 28.5 Å². The highest BCUT2D eigenvalue weighted by Crippen LogP contribution is 2.33. The van der Waals surface area contributed by atoms with Crippen LogP contribution in [-0.4, -0.2) is 67.4 Å². The lowest BCUT2D eigenvalue weighted by atomic mass is 10.3. The Kier molecular flexibility index (Phi) is 4.61. The molecule has 0 aromatic carbocycles. The maximum atomic E-state index is 5.47. The molecule has 0 bridgehead atoms. The average Bonchev–Trinajstić information content (AvgIpc) is 3.31. The summed E-state index contributed by atoms with van der Waals surface area (Å²) in [7, 11) is 0. The Balaban J connectivity index is 1.28. The van der Waals surface area contributed by atoms with Crippen molar-refractivity contribution in [2.45, 2.75) is 26.2 Å². The number of anilines is 3. The van der Waals surface area contributed by atoms with Crippen molar-refractivity contribution in [3.05, 3.63) is 22.3 Å². The molecule has 5 rings (SSSR count). The molecule has 0 amide bonds. The fourth-order valence-corrected chi connectivity index (χ4v) is 5.24. The van der Waals surface area contributed by atoms with Gasteiger partial charge in [0.1, 0.15) is 5.82 Å². The minimum atomic E-state index is 0.773. The van der Waals surface area contributed by atoms with Crippen molar-refractivity contribution in [3.63, 3.8) is 0 Å². The van der Waals surface area contributed by atoms with Crippen LogP contribution >= 0.6 is 11.3 Å². The monoisotopic (exact) mass is 386 g/mol. The van der Waals surface area contributed by atoms with E-state index in [0.717, 1.165) is 76.4 Å². The van der Waals surface area contributed by atoms with Gasteiger partial charge in [-0.3, -0.25) is 0 Å². The number of rotatable bonds is 3. The number of thiazole rings is 1. The topological polar surface area (TPSA) is 57.6 Å². The van der Waals surface area contributed by atoms with Gasteiger partial charge in [-0.15, -0.1) is 11.3 Å². The zero-order chi connectivity index (χ0) is 18.2. The first-order valence-electron chi connectivity index (χ1n) is 9.93. The summed E-state index contributed by atoms with van der Waals surface area (Å²) in [4.78, 5) is 23.0. The number of hydrogen-bond donors (Lipinski definition) is 0. The van der Waals surface area contributed by atoms with E-state index in [0.29, 0.717) is 0 Å². The predicted molar refractivity (Wildman–Crippen MR) is 108 cm³/mol. The maximum Gasteiger partial charge on any atom is 0.227 e. The lowest BCUT2D eigenvalue weighted by Crippen LogP contribution is -2.47. The summed E-state index contributed by atoms with van der Waals surface area (Å²) in [6, 6.07) is 2.09. The molecule has 1 aliphatic carbocycles. The third kappa shape index (κ3) is 3.48. The second-order valence-corrected chi connectivity index (χ2v) is 8.52. The first-order valence-corrected chi connectivity index (χ1v) is 10.7. The van der Waals surface area contributed by atoms with Crippen molar-refractivity contribution in [3.8, 4) is 0 Å². The van der Waals surface area contributed by atoms with Crippen LogP contribution in [-0.2, 0) is 17.6 Å². The quantitative estimate of drug-likeness (QED) is 0.798. The number of morpholine rings is 1. The molecular formula is C19H26N6OS. The van der Waals surface area contributed by atoms with Gasteiger partial charge in [0.2, 0.25) is 5.95 Å². The molecule has 0 N–H and O–H groups in total. The van der Waals surface area contributed by atoms with Crippen LogP contribution in [0.1, 0.15) is 22.7 Å². The van der Waals surface area contributed by atoms with Crippen LogP contribution in [0.4, 0.5) is 16.9 Å². The molecular weight excluding hydrogens is 360 g/mol. The summed E-state index contributed by atoms with van der Waals surface area (Å²) in [5.74, 6) is 1.89. The van der Waals surface area contributed by atoms with Crippen molar-refractivity contribution < 1.29 is 4.74 Å². The van der Waals surface area contributed by atoms with Gasteiger partial charge in [-0.05, 0) is 26.2 Å². The second kappa shape index (κ2) is 7.24. The molecule has 144 valence electrons. The Labute approximate surface area is 164 Å². The smallest absolute Gasteiger partial charge is 0.227 e. The molecule has 2 aromatic rings. The van der Waals surface area contributed by atoms with E-state index in [1.54, 1.807) is 0 Å². The van der Waals surface area contributed by atoms with E-state index >= 15 is 0 Å². The first kappa shape index (κ1) is 17.2. The number of hydrogen-bond acceptors (Lipinski definition) is 8. The van der Waals surface area contributed by atoms with Crippen molar-refractivity contribution in [1.29, 1.82) is 0 Å². The molecule has 8 heteroatoms. The van der Waals surface area contributed by atoms with E-state index in [1.807, 2.05) is 11.3 Å². The molecule has 0 radical (unpaired) electrons. The van der Waals surface area contributed by atoms with Crippen LogP contribution in [0.3, 0.4) is 0 Å². The number of aryl methyl sites for hydroxylation is 3. The minimum absolute atomic E-state index is 0.773. The van der Waals surface area contributed by atoms with E-state index in [-0.39, 0.29) is 0 Å². The molecule has 4 heterocycles. The normalized spacial score (nSPS) is 20.3. The van der Waals surface area contributed by atoms with Gasteiger partial charge in [0.25, 0.3) is 0 Å². The second-order valence-electron chi connectivity index (χ2n) is 7.46. The Morgan fingerprint density at radius 2 is 1.67 bits per heavy atom. The molecule has 2 saturated heterocycles. The summed E-state index contributed by atoms with van der Waals surface area (Å²) in [6.07, 6.45) is 3.65. The zero-order valence-corrected chi connectivity index (χ0v) is 16.7. The molecule has 2 aromatic heterocycles. The number of piperazine rings is 1. The Morgan fingerprint density at radius 3 is 2.44 bits per heavy atom. The van der Waals surface area contributed by atoms with Crippen molar-refractivity contribution in [2.24, 2.45) is 0 Å². The highest BCUT2D eigenvalue weighted by Gasteiger charge is 2.25. The van der Waals surface area contributed by atoms with Gasteiger partial charge >= 0.3 is 0 Å². The number of nitrogens with zero attached hydrogens (tertiary/aromatic N) is 6. The zero-order valence-electron chi connectivity index (χ0n) is 15.9. The summed E-state index contributed by atoms with van der Waals surface area (Å²) < 4.78 is 5.47. The molecule has 0 atom stereocenters. The molecule has 0 spiro atoms. The van der Waals surface area contributed by atoms with Crippen LogP contribution in [0, 0.1) is 6.92 Å². The van der Waals surface area contributed by atoms with Crippen LogP contribution < -0.4 is 14.7 Å². The van der Waals surface area contributed by atoms with Gasteiger partial charge in [0.15, 0.2) is 5.13 Å². The largest absolute Gasteiger partial charge is 0.378 e. The van der Waals surface area contributed by atoms with E-state index in [2.05, 4.69) is 27.7 Å². The molecule has 3 aliphatic rings. The van der Waals surface area contributed by atoms with Gasteiger partial charge in [0, 0.05) is 55.9 Å². The SMILES string of the molecule is Cc1cc(N2CCOCC2)nc(N2CCN(c3nc4c(s3)CCC4)CC2)n1. The standard InChI is InChI=1S/C19H26N6OS/c1-14-13-17(23-9-11-26-12-10-23)22-18(20-14)24-5-7-25(8-6-24)19-21-15-3-2-4-16(15)27-19/h13H,2-12H2,1H3. The predicted octanol–water partition coefficient (Wildman–Crippen LogP) is 1.89. The lowest BCUT2D eigenvalue weighted by molar-refractivity contribution is 0.122. The van der Waals surface area contributed by atoms with Gasteiger partial charge in [-0.25, -0.2) is 9.97 Å². The molecule has 0 unspecified atom stereocenters. The van der Waals surface area contributed by atoms with Gasteiger partial charge in [-0.1, -0.05) is 0 Å². The van der Waals surface area contributed by atoms with Crippen LogP contribution in [0.25, 0.3) is 0 Å². The van der Waals surface area contributed by atoms with Crippen LogP contribution in [0.2, 0.25) is 0 Å². The molecule has 2 fully saturated rings. The van der Waals surface area contributed by atoms with E-state index in [9.17, 15) is 0 Å². The van der Waals surface area contributed by atoms with Crippen molar-refractivity contribution >= 4 is 28.2 Å². The number of aromatic nitrogens is 3. The Hall–Kier alpha value is -1.93. The lowest BCUT2D eigenvalue weighted by Gasteiger charge is -2.35. The highest BCUT2D eigenvalue weighted by molar-refractivity contribution is 7.15. The van der Waals surface area contributed by atoms with E-state index in [4.69, 9.17) is 19.7 Å². The third-order valence-electron chi connectivity index (χ3n) is 5.58. The van der Waals surface area contributed by atoms with Crippen LogP contribution in [0.15, 0.2) is 6.07 Å². The summed E-state index contributed by atoms with van der Waals surface area (Å²) in [5.41, 5.74) is 2.37. The molecule has 7 nitrogen and oxygen atoms in total. The molecule has 27 heavy (non-hydrogen) atoms. The highest BCUT2D eigenvalue weighted by atomic mass is 32.1. The fraction of sp³-hybridized carbons (Fsp3) is 0.632. The van der Waals surface area contributed by atoms with Crippen molar-refractivity contribution in [1.82, 2.24) is 15.0 Å². The summed E-state index contributed by atoms with van der Waals surface area (Å²) >= 11 is 1.90. The van der Waals surface area contributed by atoms with Crippen molar-refractivity contribution in [2.75, 3.05) is 67.2 Å². The summed E-state index contributed by atoms with van der Waals surface area (Å²) in [6.45, 7) is 9.25. The number of ether oxygens (including phenoxy) is 1. The number of fused-ring (bicyclic) bond motifs is 1. The molecule has 0 saturated carbocycles. The fourth-order valence-electron chi connectivity index (χ4n) is 4.04. The molecule has 2 aliphatic heterocycles. The minimum Gasteiger partial charge on any atom is -0.378 e. The first-order chi connectivity index (χ1) is 13.3. The third-order valence-corrected chi connectivity index (χ3v) is 6.80. The maximum absolute atomic E-state index is 5.47. The van der Waals surface area contributed by atoms with Gasteiger partial charge < -0.3 is 19.4 Å². The van der Waals surface area contributed by atoms with Gasteiger partial charge in [0.05, 0.1) is 18.9 Å². The average molecular weight is 387 g/mol. The Bertz CT molecular complexity index is 789.